The van der Waals surface area contributed by atoms with Crippen molar-refractivity contribution in [2.75, 3.05) is 13.2 Å². The van der Waals surface area contributed by atoms with E-state index in [-0.39, 0.29) is 25.6 Å². The lowest BCUT2D eigenvalue weighted by Crippen LogP contribution is -1.96. The summed E-state index contributed by atoms with van der Waals surface area (Å²) in [5.41, 5.74) is 0.482. The molecule has 1 aromatic carbocycles. The molecule has 2 nitrogen and oxygen atoms in total. The number of rotatable bonds is 3. The summed E-state index contributed by atoms with van der Waals surface area (Å²) in [5.74, 6) is 4.72. The van der Waals surface area contributed by atoms with Gasteiger partial charge in [-0.25, -0.2) is 4.39 Å². The van der Waals surface area contributed by atoms with Gasteiger partial charge in [0.05, 0.1) is 6.61 Å². The van der Waals surface area contributed by atoms with E-state index in [4.69, 9.17) is 9.84 Å². The average Bonchev–Trinajstić information content (AvgIpc) is 2.23. The van der Waals surface area contributed by atoms with E-state index in [9.17, 15) is 4.39 Å². The third-order valence-corrected chi connectivity index (χ3v) is 2.14. The number of hydrogen-bond acceptors (Lipinski definition) is 2. The maximum Gasteiger partial charge on any atom is 0.128 e. The van der Waals surface area contributed by atoms with Crippen LogP contribution in [0.3, 0.4) is 0 Å². The lowest BCUT2D eigenvalue weighted by Gasteiger charge is -2.03. The SMILES string of the molecule is OCC#CCOCc1cc(Br)ccc1F. The summed E-state index contributed by atoms with van der Waals surface area (Å²) < 4.78 is 19.1. The average molecular weight is 273 g/mol. The van der Waals surface area contributed by atoms with Crippen LogP contribution in [0.4, 0.5) is 4.39 Å². The number of aliphatic hydroxyl groups excluding tert-OH is 1. The molecule has 0 fully saturated rings. The topological polar surface area (TPSA) is 29.5 Å². The third-order valence-electron chi connectivity index (χ3n) is 1.64. The number of ether oxygens (including phenoxy) is 1. The highest BCUT2D eigenvalue weighted by Crippen LogP contribution is 2.16. The van der Waals surface area contributed by atoms with Crippen LogP contribution in [0.2, 0.25) is 0 Å². The van der Waals surface area contributed by atoms with Crippen molar-refractivity contribution < 1.29 is 14.2 Å². The lowest BCUT2D eigenvalue weighted by molar-refractivity contribution is 0.150. The largest absolute Gasteiger partial charge is 0.384 e. The van der Waals surface area contributed by atoms with Crippen LogP contribution in [0.15, 0.2) is 22.7 Å². The first-order valence-corrected chi connectivity index (χ1v) is 5.11. The zero-order valence-corrected chi connectivity index (χ0v) is 9.55. The minimum atomic E-state index is -0.298. The molecule has 0 atom stereocenters. The molecule has 0 unspecified atom stereocenters. The molecule has 1 aromatic rings. The molecule has 0 bridgehead atoms. The smallest absolute Gasteiger partial charge is 0.128 e. The van der Waals surface area contributed by atoms with Gasteiger partial charge in [-0.2, -0.15) is 0 Å². The summed E-state index contributed by atoms with van der Waals surface area (Å²) in [6, 6.07) is 4.67. The van der Waals surface area contributed by atoms with E-state index in [0.717, 1.165) is 4.47 Å². The first kappa shape index (κ1) is 12.2. The van der Waals surface area contributed by atoms with E-state index < -0.39 is 0 Å². The van der Waals surface area contributed by atoms with Crippen molar-refractivity contribution in [1.29, 1.82) is 0 Å². The molecule has 0 heterocycles. The monoisotopic (exact) mass is 272 g/mol. The van der Waals surface area contributed by atoms with Gasteiger partial charge in [0, 0.05) is 10.0 Å². The van der Waals surface area contributed by atoms with Crippen molar-refractivity contribution in [3.8, 4) is 11.8 Å². The molecule has 15 heavy (non-hydrogen) atoms. The summed E-state index contributed by atoms with van der Waals surface area (Å²) >= 11 is 3.25. The molecule has 0 aromatic heterocycles. The van der Waals surface area contributed by atoms with E-state index in [0.29, 0.717) is 5.56 Å². The van der Waals surface area contributed by atoms with Gasteiger partial charge in [0.25, 0.3) is 0 Å². The van der Waals surface area contributed by atoms with Crippen LogP contribution in [0.25, 0.3) is 0 Å². The summed E-state index contributed by atoms with van der Waals surface area (Å²) in [7, 11) is 0. The van der Waals surface area contributed by atoms with Crippen molar-refractivity contribution in [2.24, 2.45) is 0 Å². The van der Waals surface area contributed by atoms with Gasteiger partial charge in [0.2, 0.25) is 0 Å². The Morgan fingerprint density at radius 1 is 1.40 bits per heavy atom. The van der Waals surface area contributed by atoms with E-state index in [1.165, 1.54) is 6.07 Å². The Balaban J connectivity index is 2.46. The van der Waals surface area contributed by atoms with Crippen LogP contribution in [-0.4, -0.2) is 18.3 Å². The second-order valence-corrected chi connectivity index (χ2v) is 3.66. The van der Waals surface area contributed by atoms with Crippen molar-refractivity contribution in [3.63, 3.8) is 0 Å². The van der Waals surface area contributed by atoms with Gasteiger partial charge in [-0.1, -0.05) is 27.8 Å². The molecule has 80 valence electrons. The van der Waals surface area contributed by atoms with Crippen LogP contribution >= 0.6 is 15.9 Å². The van der Waals surface area contributed by atoms with E-state index in [2.05, 4.69) is 27.8 Å². The molecule has 1 rings (SSSR count). The van der Waals surface area contributed by atoms with Gasteiger partial charge in [-0.05, 0) is 18.2 Å². The summed E-state index contributed by atoms with van der Waals surface area (Å²) in [6.07, 6.45) is 0. The fraction of sp³-hybridized carbons (Fsp3) is 0.273. The van der Waals surface area contributed by atoms with Crippen molar-refractivity contribution in [3.05, 3.63) is 34.1 Å². The molecule has 0 amide bonds. The quantitative estimate of drug-likeness (QED) is 0.675. The molecule has 0 saturated heterocycles. The van der Waals surface area contributed by atoms with E-state index >= 15 is 0 Å². The number of aliphatic hydroxyl groups is 1. The maximum absolute atomic E-state index is 13.2. The van der Waals surface area contributed by atoms with Gasteiger partial charge in [-0.15, -0.1) is 0 Å². The highest BCUT2D eigenvalue weighted by atomic mass is 79.9. The van der Waals surface area contributed by atoms with Crippen LogP contribution in [-0.2, 0) is 11.3 Å². The van der Waals surface area contributed by atoms with Gasteiger partial charge in [0.1, 0.15) is 19.0 Å². The van der Waals surface area contributed by atoms with Crippen molar-refractivity contribution >= 4 is 15.9 Å². The Morgan fingerprint density at radius 2 is 2.20 bits per heavy atom. The van der Waals surface area contributed by atoms with Gasteiger partial charge in [-0.3, -0.25) is 0 Å². The molecule has 0 aliphatic rings. The normalized spacial score (nSPS) is 9.53. The maximum atomic E-state index is 13.2. The molecule has 0 spiro atoms. The Hall–Kier alpha value is -0.890. The van der Waals surface area contributed by atoms with Gasteiger partial charge >= 0.3 is 0 Å². The highest BCUT2D eigenvalue weighted by Gasteiger charge is 2.01. The summed E-state index contributed by atoms with van der Waals surface area (Å²) in [6.45, 7) is 0.173. The summed E-state index contributed by atoms with van der Waals surface area (Å²) in [5, 5.41) is 8.37. The minimum Gasteiger partial charge on any atom is -0.384 e. The molecular formula is C11H10BrFO2. The zero-order chi connectivity index (χ0) is 11.1. The molecular weight excluding hydrogens is 263 g/mol. The van der Waals surface area contributed by atoms with E-state index in [1.807, 2.05) is 0 Å². The van der Waals surface area contributed by atoms with Crippen LogP contribution in [0.5, 0.6) is 0 Å². The molecule has 0 radical (unpaired) electrons. The Labute approximate surface area is 96.2 Å². The second-order valence-electron chi connectivity index (χ2n) is 2.74. The zero-order valence-electron chi connectivity index (χ0n) is 7.96. The first-order valence-electron chi connectivity index (χ1n) is 4.32. The van der Waals surface area contributed by atoms with Gasteiger partial charge in [0.15, 0.2) is 0 Å². The number of benzene rings is 1. The predicted molar refractivity (Wildman–Crippen MR) is 58.6 cm³/mol. The molecule has 0 saturated carbocycles. The predicted octanol–water partition coefficient (Wildman–Crippen LogP) is 2.10. The molecule has 1 N–H and O–H groups in total. The van der Waals surface area contributed by atoms with Crippen LogP contribution < -0.4 is 0 Å². The molecule has 4 heteroatoms. The van der Waals surface area contributed by atoms with E-state index in [1.54, 1.807) is 12.1 Å². The second kappa shape index (κ2) is 6.57. The fourth-order valence-electron chi connectivity index (χ4n) is 0.973. The molecule has 0 aliphatic heterocycles. The number of halogens is 2. The van der Waals surface area contributed by atoms with Gasteiger partial charge < -0.3 is 9.84 Å². The van der Waals surface area contributed by atoms with Crippen molar-refractivity contribution in [2.45, 2.75) is 6.61 Å². The first-order chi connectivity index (χ1) is 7.24. The Bertz CT molecular complexity index is 382. The van der Waals surface area contributed by atoms with Crippen molar-refractivity contribution in [1.82, 2.24) is 0 Å². The Morgan fingerprint density at radius 3 is 2.93 bits per heavy atom. The summed E-state index contributed by atoms with van der Waals surface area (Å²) in [4.78, 5) is 0. The fourth-order valence-corrected chi connectivity index (χ4v) is 1.38. The third kappa shape index (κ3) is 4.43. The number of hydrogen-bond donors (Lipinski definition) is 1. The van der Waals surface area contributed by atoms with Crippen LogP contribution in [0, 0.1) is 17.7 Å². The molecule has 0 aliphatic carbocycles. The minimum absolute atomic E-state index is 0.172. The lowest BCUT2D eigenvalue weighted by atomic mass is 10.2. The highest BCUT2D eigenvalue weighted by molar-refractivity contribution is 9.10. The standard InChI is InChI=1S/C11H10BrFO2/c12-10-3-4-11(13)9(7-10)8-15-6-2-1-5-14/h3-4,7,14H,5-6,8H2. The van der Waals surface area contributed by atoms with Crippen LogP contribution in [0.1, 0.15) is 5.56 Å². The Kier molecular flexibility index (Phi) is 5.33.